The number of hydrogen-bond acceptors (Lipinski definition) is 6. The summed E-state index contributed by atoms with van der Waals surface area (Å²) in [7, 11) is 0. The first-order valence-electron chi connectivity index (χ1n) is 19.8. The second-order valence-corrected chi connectivity index (χ2v) is 20.3. The molecular weight excluding hydrogens is 636 g/mol. The summed E-state index contributed by atoms with van der Waals surface area (Å²) >= 11 is 0. The molecule has 0 radical (unpaired) electrons. The van der Waals surface area contributed by atoms with Gasteiger partial charge >= 0.3 is 11.9 Å². The molecule has 4 saturated carbocycles. The van der Waals surface area contributed by atoms with E-state index in [1.54, 1.807) is 0 Å². The number of Topliss-reactive ketones (excluding diaryl/α,β-unsaturated/α-hetero) is 1. The summed E-state index contributed by atoms with van der Waals surface area (Å²) < 4.78 is 11.5. The molecule has 0 unspecified atom stereocenters. The predicted molar refractivity (Wildman–Crippen MR) is 199 cm³/mol. The number of carbonyl (C=O) groups is 4. The maximum Gasteiger partial charge on any atom is 0.312 e. The van der Waals surface area contributed by atoms with E-state index < -0.39 is 11.0 Å². The average Bonchev–Trinajstić information content (AvgIpc) is 3.03. The molecular formula is C45H64O6. The molecule has 0 saturated heterocycles. The Balaban J connectivity index is 1.25. The lowest BCUT2D eigenvalue weighted by Crippen LogP contribution is -2.66. The van der Waals surface area contributed by atoms with E-state index in [1.165, 1.54) is 5.57 Å². The second kappa shape index (κ2) is 12.7. The summed E-state index contributed by atoms with van der Waals surface area (Å²) in [5.41, 5.74) is 0.271. The van der Waals surface area contributed by atoms with Crippen molar-refractivity contribution >= 4 is 23.5 Å². The third-order valence-electron chi connectivity index (χ3n) is 15.7. The molecule has 0 spiro atoms. The number of allylic oxidation sites excluding steroid dienone is 2. The summed E-state index contributed by atoms with van der Waals surface area (Å²) in [6.07, 6.45) is 10.5. The highest BCUT2D eigenvalue weighted by Gasteiger charge is 2.70. The zero-order chi connectivity index (χ0) is 37.4. The van der Waals surface area contributed by atoms with Crippen molar-refractivity contribution in [2.75, 3.05) is 0 Å². The first kappa shape index (κ1) is 38.0. The van der Waals surface area contributed by atoms with Crippen molar-refractivity contribution in [1.29, 1.82) is 0 Å². The van der Waals surface area contributed by atoms with E-state index in [9.17, 15) is 19.2 Å². The van der Waals surface area contributed by atoms with Crippen LogP contribution in [0.15, 0.2) is 42.0 Å². The summed E-state index contributed by atoms with van der Waals surface area (Å²) in [6.45, 7) is 22.0. The van der Waals surface area contributed by atoms with E-state index >= 15 is 0 Å². The molecule has 0 heterocycles. The van der Waals surface area contributed by atoms with Gasteiger partial charge in [0.25, 0.3) is 0 Å². The molecule has 0 amide bonds. The van der Waals surface area contributed by atoms with Gasteiger partial charge in [-0.25, -0.2) is 0 Å². The van der Waals surface area contributed by atoms with Crippen molar-refractivity contribution in [2.24, 2.45) is 56.2 Å². The van der Waals surface area contributed by atoms with Crippen LogP contribution in [-0.2, 0) is 35.3 Å². The van der Waals surface area contributed by atoms with Crippen molar-refractivity contribution in [3.63, 3.8) is 0 Å². The summed E-state index contributed by atoms with van der Waals surface area (Å²) in [6, 6.07) is 9.88. The summed E-state index contributed by atoms with van der Waals surface area (Å²) in [5, 5.41) is 0. The molecule has 6 nitrogen and oxygen atoms in total. The molecule has 0 aliphatic heterocycles. The minimum Gasteiger partial charge on any atom is -0.460 e. The van der Waals surface area contributed by atoms with Gasteiger partial charge in [-0.3, -0.25) is 19.2 Å². The molecule has 280 valence electrons. The molecule has 1 aromatic rings. The third kappa shape index (κ3) is 6.26. The van der Waals surface area contributed by atoms with E-state index in [-0.39, 0.29) is 93.7 Å². The van der Waals surface area contributed by atoms with Crippen molar-refractivity contribution in [3.8, 4) is 0 Å². The van der Waals surface area contributed by atoms with Gasteiger partial charge in [0.2, 0.25) is 0 Å². The highest BCUT2D eigenvalue weighted by atomic mass is 16.6. The molecule has 0 N–H and O–H groups in total. The molecule has 51 heavy (non-hydrogen) atoms. The first-order chi connectivity index (χ1) is 23.6. The maximum absolute atomic E-state index is 14.9. The van der Waals surface area contributed by atoms with Crippen LogP contribution in [-0.4, -0.2) is 29.1 Å². The molecule has 6 heteroatoms. The van der Waals surface area contributed by atoms with Crippen molar-refractivity contribution in [3.05, 3.63) is 47.5 Å². The number of ketones is 2. The van der Waals surface area contributed by atoms with Crippen LogP contribution >= 0.6 is 0 Å². The molecule has 6 rings (SSSR count). The van der Waals surface area contributed by atoms with Crippen LogP contribution in [0.4, 0.5) is 0 Å². The smallest absolute Gasteiger partial charge is 0.312 e. The lowest BCUT2D eigenvalue weighted by molar-refractivity contribution is -0.194. The van der Waals surface area contributed by atoms with Crippen LogP contribution in [0.25, 0.3) is 0 Å². The van der Waals surface area contributed by atoms with Crippen LogP contribution in [0.3, 0.4) is 0 Å². The largest absolute Gasteiger partial charge is 0.460 e. The summed E-state index contributed by atoms with van der Waals surface area (Å²) in [4.78, 5) is 54.9. The van der Waals surface area contributed by atoms with Gasteiger partial charge in [-0.1, -0.05) is 77.4 Å². The number of rotatable bonds is 7. The number of esters is 2. The zero-order valence-electron chi connectivity index (χ0n) is 33.2. The molecule has 4 fully saturated rings. The fourth-order valence-corrected chi connectivity index (χ4v) is 12.6. The Morgan fingerprint density at radius 1 is 0.824 bits per heavy atom. The standard InChI is InChI=1S/C45H64O6/c1-39(2,3)51-36(48)17-16-33(46)30-18-20-43(8)35(40(30,4)5)19-21-45(10)37(43)34(47)26-31-32-27-42(7,23-22-41(32,6)24-25-44(31,45)9)38(49)50-28-29-14-12-11-13-15-29/h11-15,26,30,32,35,37H,16-25,27-28H2,1-10H3/t30-,32+,35+,37-,41-,42+,43+,44-,45-/m1/s1. The SMILES string of the molecule is CC(C)(C)OC(=O)CCC(=O)[C@H]1CC[C@]2(C)[C@H]3C(=O)C=C4[C@@H]5C[C@@](C)(C(=O)OCc6ccccc6)CC[C@]5(C)CC[C@@]4(C)[C@]3(C)CC[C@H]2C1(C)C. The van der Waals surface area contributed by atoms with Gasteiger partial charge in [0, 0.05) is 18.3 Å². The quantitative estimate of drug-likeness (QED) is 0.263. The third-order valence-corrected chi connectivity index (χ3v) is 15.7. The first-order valence-corrected chi connectivity index (χ1v) is 19.8. The van der Waals surface area contributed by atoms with Gasteiger partial charge < -0.3 is 9.47 Å². The Bertz CT molecular complexity index is 1600. The van der Waals surface area contributed by atoms with Gasteiger partial charge in [-0.15, -0.1) is 0 Å². The fourth-order valence-electron chi connectivity index (χ4n) is 12.6. The topological polar surface area (TPSA) is 86.7 Å². The lowest BCUT2D eigenvalue weighted by atomic mass is 9.33. The summed E-state index contributed by atoms with van der Waals surface area (Å²) in [5.74, 6) is 0.0784. The Morgan fingerprint density at radius 3 is 2.16 bits per heavy atom. The predicted octanol–water partition coefficient (Wildman–Crippen LogP) is 10.0. The van der Waals surface area contributed by atoms with Gasteiger partial charge in [-0.05, 0) is 136 Å². The number of benzene rings is 1. The van der Waals surface area contributed by atoms with Gasteiger partial charge in [0.1, 0.15) is 18.0 Å². The Morgan fingerprint density at radius 2 is 1.49 bits per heavy atom. The van der Waals surface area contributed by atoms with E-state index in [4.69, 9.17) is 9.47 Å². The highest BCUT2D eigenvalue weighted by Crippen LogP contribution is 2.75. The van der Waals surface area contributed by atoms with Crippen LogP contribution in [0.5, 0.6) is 0 Å². The number of ether oxygens (including phenoxy) is 2. The van der Waals surface area contributed by atoms with Gasteiger partial charge in [0.15, 0.2) is 5.78 Å². The Labute approximate surface area is 307 Å². The van der Waals surface area contributed by atoms with Crippen LogP contribution in [0.2, 0.25) is 0 Å². The van der Waals surface area contributed by atoms with Gasteiger partial charge in [-0.2, -0.15) is 0 Å². The van der Waals surface area contributed by atoms with Crippen molar-refractivity contribution in [2.45, 2.75) is 152 Å². The molecule has 5 aliphatic carbocycles. The van der Waals surface area contributed by atoms with E-state index in [0.29, 0.717) is 6.42 Å². The van der Waals surface area contributed by atoms with E-state index in [2.05, 4.69) is 54.5 Å². The zero-order valence-corrected chi connectivity index (χ0v) is 33.2. The maximum atomic E-state index is 14.9. The number of fused-ring (bicyclic) bond motifs is 7. The molecule has 1 aromatic carbocycles. The molecule has 5 aliphatic rings. The molecule has 9 atom stereocenters. The lowest BCUT2D eigenvalue weighted by Gasteiger charge is -2.70. The highest BCUT2D eigenvalue weighted by molar-refractivity contribution is 5.96. The van der Waals surface area contributed by atoms with Crippen LogP contribution < -0.4 is 0 Å². The van der Waals surface area contributed by atoms with Crippen LogP contribution in [0, 0.1) is 56.2 Å². The minimum atomic E-state index is -0.596. The Kier molecular flexibility index (Phi) is 9.45. The van der Waals surface area contributed by atoms with Crippen molar-refractivity contribution in [1.82, 2.24) is 0 Å². The van der Waals surface area contributed by atoms with E-state index in [1.807, 2.05) is 51.1 Å². The second-order valence-electron chi connectivity index (χ2n) is 20.3. The van der Waals surface area contributed by atoms with Crippen LogP contribution in [0.1, 0.15) is 145 Å². The number of hydrogen-bond donors (Lipinski definition) is 0. The average molecular weight is 701 g/mol. The fraction of sp³-hybridized carbons (Fsp3) is 0.733. The number of carbonyl (C=O) groups excluding carboxylic acids is 4. The Hall–Kier alpha value is -2.76. The van der Waals surface area contributed by atoms with Gasteiger partial charge in [0.05, 0.1) is 11.8 Å². The molecule has 0 bridgehead atoms. The van der Waals surface area contributed by atoms with E-state index in [0.717, 1.165) is 56.9 Å². The molecule has 0 aromatic heterocycles. The van der Waals surface area contributed by atoms with Crippen molar-refractivity contribution < 1.29 is 28.7 Å². The normalized spacial score (nSPS) is 40.0. The minimum absolute atomic E-state index is 0.0505. The monoisotopic (exact) mass is 700 g/mol.